The number of benzene rings is 1. The molecule has 3 aromatic rings. The van der Waals surface area contributed by atoms with E-state index in [0.29, 0.717) is 28.4 Å². The smallest absolute Gasteiger partial charge is 0.401 e. The van der Waals surface area contributed by atoms with Crippen molar-refractivity contribution in [3.05, 3.63) is 64.0 Å². The van der Waals surface area contributed by atoms with E-state index in [9.17, 15) is 28.1 Å². The highest BCUT2D eigenvalue weighted by Crippen LogP contribution is 2.41. The molecule has 1 fully saturated rings. The largest absolute Gasteiger partial charge is 0.476 e. The summed E-state index contributed by atoms with van der Waals surface area (Å²) < 4.78 is 52.5. The minimum atomic E-state index is -4.45. The van der Waals surface area contributed by atoms with Crippen molar-refractivity contribution in [2.75, 3.05) is 45.2 Å². The third kappa shape index (κ3) is 7.46. The topological polar surface area (TPSA) is 125 Å². The lowest BCUT2D eigenvalue weighted by molar-refractivity contribution is -0.384. The van der Waals surface area contributed by atoms with Gasteiger partial charge in [0.1, 0.15) is 12.3 Å². The number of nitrogens with zero attached hydrogens (tertiary/aromatic N) is 5. The number of nitro benzene ring substituents is 1. The third-order valence-electron chi connectivity index (χ3n) is 6.19. The van der Waals surface area contributed by atoms with Crippen molar-refractivity contribution in [2.24, 2.45) is 0 Å². The first-order valence-electron chi connectivity index (χ1n) is 12.6. The molecule has 14 heteroatoms. The second kappa shape index (κ2) is 12.3. The lowest BCUT2D eigenvalue weighted by atomic mass is 10.1. The van der Waals surface area contributed by atoms with Crippen LogP contribution in [0.15, 0.2) is 42.6 Å². The summed E-state index contributed by atoms with van der Waals surface area (Å²) in [6, 6.07) is 9.21. The maximum absolute atomic E-state index is 13.3. The number of halogens is 3. The molecular weight excluding hydrogens is 533 g/mol. The average Bonchev–Trinajstić information content (AvgIpc) is 3.66. The summed E-state index contributed by atoms with van der Waals surface area (Å²) in [6.45, 7) is 0.423. The summed E-state index contributed by atoms with van der Waals surface area (Å²) >= 11 is 0. The van der Waals surface area contributed by atoms with E-state index in [4.69, 9.17) is 9.47 Å². The molecule has 0 radical (unpaired) electrons. The van der Waals surface area contributed by atoms with Crippen LogP contribution in [-0.4, -0.2) is 76.6 Å². The zero-order valence-electron chi connectivity index (χ0n) is 22.0. The molecule has 0 bridgehead atoms. The summed E-state index contributed by atoms with van der Waals surface area (Å²) in [5.74, 6) is -0.164. The highest BCUT2D eigenvalue weighted by atomic mass is 19.4. The first-order chi connectivity index (χ1) is 19.1. The first-order valence-corrected chi connectivity index (χ1v) is 12.6. The number of esters is 1. The summed E-state index contributed by atoms with van der Waals surface area (Å²) in [7, 11) is 1.28. The van der Waals surface area contributed by atoms with E-state index >= 15 is 0 Å². The highest BCUT2D eigenvalue weighted by Gasteiger charge is 2.32. The number of pyridine rings is 1. The number of para-hydroxylation sites is 2. The molecule has 11 nitrogen and oxygen atoms in total. The van der Waals surface area contributed by atoms with Gasteiger partial charge in [-0.3, -0.25) is 20.0 Å². The Kier molecular flexibility index (Phi) is 8.87. The van der Waals surface area contributed by atoms with Gasteiger partial charge in [0.05, 0.1) is 47.6 Å². The number of hydrogen-bond donors (Lipinski definition) is 1. The van der Waals surface area contributed by atoms with E-state index in [1.165, 1.54) is 30.2 Å². The summed E-state index contributed by atoms with van der Waals surface area (Å²) in [5.41, 5.74) is 1.90. The molecule has 214 valence electrons. The number of nitro groups is 1. The van der Waals surface area contributed by atoms with E-state index in [1.807, 2.05) is 0 Å². The minimum Gasteiger partial charge on any atom is -0.476 e. The number of nitrogens with one attached hydrogen (secondary N) is 1. The standard InChI is InChI=1S/C26H29F3N6O5/c1-17-13-18(25(36)39-2)14-22(32-17)20-15-31-34(19-7-8-19)24(20)40-12-11-33(16-26(27,28)29)10-9-30-21-5-3-4-6-23(21)35(37)38/h3-6,13-15,19,30H,7-12,16H2,1-2H3. The van der Waals surface area contributed by atoms with Gasteiger partial charge in [-0.2, -0.15) is 18.3 Å². The number of rotatable bonds is 13. The van der Waals surface area contributed by atoms with Crippen molar-refractivity contribution >= 4 is 17.3 Å². The molecule has 4 rings (SSSR count). The number of hydrogen-bond acceptors (Lipinski definition) is 9. The van der Waals surface area contributed by atoms with Crippen LogP contribution in [0.2, 0.25) is 0 Å². The van der Waals surface area contributed by atoms with Gasteiger partial charge in [-0.15, -0.1) is 0 Å². The van der Waals surface area contributed by atoms with E-state index < -0.39 is 23.6 Å². The first kappa shape index (κ1) is 28.8. The Bertz CT molecular complexity index is 1360. The molecule has 0 aliphatic heterocycles. The Morgan fingerprint density at radius 2 is 2.00 bits per heavy atom. The molecule has 1 aromatic carbocycles. The van der Waals surface area contributed by atoms with Crippen molar-refractivity contribution in [2.45, 2.75) is 32.0 Å². The van der Waals surface area contributed by atoms with Crippen LogP contribution >= 0.6 is 0 Å². The minimum absolute atomic E-state index is 0.0361. The maximum Gasteiger partial charge on any atom is 0.401 e. The van der Waals surface area contributed by atoms with Crippen molar-refractivity contribution in [3.63, 3.8) is 0 Å². The van der Waals surface area contributed by atoms with Crippen molar-refractivity contribution < 1.29 is 32.4 Å². The second-order valence-electron chi connectivity index (χ2n) is 9.35. The predicted molar refractivity (Wildman–Crippen MR) is 139 cm³/mol. The van der Waals surface area contributed by atoms with E-state index in [1.54, 1.807) is 36.0 Å². The quantitative estimate of drug-likeness (QED) is 0.180. The fourth-order valence-corrected chi connectivity index (χ4v) is 4.22. The van der Waals surface area contributed by atoms with Gasteiger partial charge in [-0.25, -0.2) is 9.48 Å². The molecule has 0 unspecified atom stereocenters. The van der Waals surface area contributed by atoms with Gasteiger partial charge in [0.25, 0.3) is 5.69 Å². The zero-order chi connectivity index (χ0) is 28.9. The molecule has 0 spiro atoms. The predicted octanol–water partition coefficient (Wildman–Crippen LogP) is 4.64. The zero-order valence-corrected chi connectivity index (χ0v) is 22.0. The number of aromatic nitrogens is 3. The molecule has 1 aliphatic carbocycles. The number of carbonyl (C=O) groups excluding carboxylic acids is 1. The van der Waals surface area contributed by atoms with E-state index in [0.717, 1.165) is 12.8 Å². The summed E-state index contributed by atoms with van der Waals surface area (Å²) in [4.78, 5) is 28.4. The Morgan fingerprint density at radius 1 is 1.25 bits per heavy atom. The van der Waals surface area contributed by atoms with Crippen LogP contribution in [0.4, 0.5) is 24.5 Å². The number of anilines is 1. The van der Waals surface area contributed by atoms with Crippen LogP contribution in [0.1, 0.15) is 34.9 Å². The molecule has 1 aliphatic rings. The second-order valence-corrected chi connectivity index (χ2v) is 9.35. The third-order valence-corrected chi connectivity index (χ3v) is 6.19. The fourth-order valence-electron chi connectivity index (χ4n) is 4.22. The van der Waals surface area contributed by atoms with Crippen LogP contribution in [0, 0.1) is 17.0 Å². The molecule has 2 heterocycles. The molecular formula is C26H29F3N6O5. The summed E-state index contributed by atoms with van der Waals surface area (Å²) in [5, 5.41) is 18.5. The molecule has 40 heavy (non-hydrogen) atoms. The van der Waals surface area contributed by atoms with Gasteiger partial charge in [0.15, 0.2) is 0 Å². The fraction of sp³-hybridized carbons (Fsp3) is 0.423. The van der Waals surface area contributed by atoms with Crippen LogP contribution in [-0.2, 0) is 4.74 Å². The lowest BCUT2D eigenvalue weighted by Crippen LogP contribution is -2.39. The molecule has 2 aromatic heterocycles. The van der Waals surface area contributed by atoms with Gasteiger partial charge in [0.2, 0.25) is 5.88 Å². The lowest BCUT2D eigenvalue weighted by Gasteiger charge is -2.24. The van der Waals surface area contributed by atoms with Gasteiger partial charge in [0, 0.05) is 31.4 Å². The number of alkyl halides is 3. The van der Waals surface area contributed by atoms with Gasteiger partial charge in [-0.1, -0.05) is 12.1 Å². The normalized spacial score (nSPS) is 13.3. The van der Waals surface area contributed by atoms with E-state index in [-0.39, 0.29) is 43.7 Å². The van der Waals surface area contributed by atoms with Crippen molar-refractivity contribution in [3.8, 4) is 17.1 Å². The molecule has 1 saturated carbocycles. The Labute approximate surface area is 228 Å². The van der Waals surface area contributed by atoms with Crippen molar-refractivity contribution in [1.82, 2.24) is 19.7 Å². The molecule has 1 N–H and O–H groups in total. The van der Waals surface area contributed by atoms with Crippen LogP contribution in [0.25, 0.3) is 11.3 Å². The van der Waals surface area contributed by atoms with Crippen molar-refractivity contribution in [1.29, 1.82) is 0 Å². The Morgan fingerprint density at radius 3 is 2.67 bits per heavy atom. The summed E-state index contributed by atoms with van der Waals surface area (Å²) in [6.07, 6.45) is -1.09. The maximum atomic E-state index is 13.3. The number of ether oxygens (including phenoxy) is 2. The van der Waals surface area contributed by atoms with Gasteiger partial charge >= 0.3 is 12.1 Å². The monoisotopic (exact) mass is 562 g/mol. The van der Waals surface area contributed by atoms with Gasteiger partial charge < -0.3 is 14.8 Å². The van der Waals surface area contributed by atoms with Crippen LogP contribution < -0.4 is 10.1 Å². The molecule has 0 amide bonds. The number of methoxy groups -OCH3 is 1. The Hall–Kier alpha value is -4.20. The SMILES string of the molecule is COC(=O)c1cc(C)nc(-c2cnn(C3CC3)c2OCCN(CCNc2ccccc2[N+](=O)[O-])CC(F)(F)F)c1. The van der Waals surface area contributed by atoms with Crippen LogP contribution in [0.5, 0.6) is 5.88 Å². The number of aryl methyl sites for hydroxylation is 1. The highest BCUT2D eigenvalue weighted by molar-refractivity contribution is 5.90. The Balaban J connectivity index is 1.47. The average molecular weight is 563 g/mol. The molecule has 0 atom stereocenters. The van der Waals surface area contributed by atoms with E-state index in [2.05, 4.69) is 15.4 Å². The number of carbonyl (C=O) groups is 1. The molecule has 0 saturated heterocycles. The van der Waals surface area contributed by atoms with Gasteiger partial charge in [-0.05, 0) is 38.0 Å². The van der Waals surface area contributed by atoms with Crippen LogP contribution in [0.3, 0.4) is 0 Å².